The van der Waals surface area contributed by atoms with Crippen molar-refractivity contribution < 1.29 is 20.4 Å². The Morgan fingerprint density at radius 3 is 1.38 bits per heavy atom. The van der Waals surface area contributed by atoms with Crippen molar-refractivity contribution in [2.24, 2.45) is 5.41 Å². The molecule has 0 aliphatic heterocycles. The third-order valence-electron chi connectivity index (χ3n) is 2.25. The van der Waals surface area contributed by atoms with E-state index in [4.69, 9.17) is 0 Å². The van der Waals surface area contributed by atoms with Gasteiger partial charge >= 0.3 is 68.2 Å². The topological polar surface area (TPSA) is 42.3 Å². The quantitative estimate of drug-likeness (QED) is 0.379. The standard InChI is InChI=1S/C8H11.C6H10.3C2H6N.Ti/c1-8(2)6-4-3-5-7-8;1-3-5-6-4-2;3*1-3-2;/h3-5H,6H2,1-2H3;3-6H,1-2H3;3*1-2H3;/q;;3*-1;+3. The zero-order valence-corrected chi connectivity index (χ0v) is 19.2. The van der Waals surface area contributed by atoms with Crippen LogP contribution in [0.3, 0.4) is 0 Å². The van der Waals surface area contributed by atoms with E-state index in [9.17, 15) is 0 Å². The second-order valence-corrected chi connectivity index (χ2v) is 6.33. The molecule has 0 amide bonds. The maximum atomic E-state index is 3.50. The maximum Gasteiger partial charge on any atom is -0.0467 e. The van der Waals surface area contributed by atoms with E-state index < -0.39 is 0 Å². The van der Waals surface area contributed by atoms with Gasteiger partial charge in [-0.15, -0.1) is 0 Å². The molecular formula is C20H39N3Ti. The van der Waals surface area contributed by atoms with Crippen molar-refractivity contribution in [3.05, 3.63) is 62.4 Å². The van der Waals surface area contributed by atoms with E-state index in [1.807, 2.05) is 38.2 Å². The molecule has 0 saturated heterocycles. The van der Waals surface area contributed by atoms with Crippen molar-refractivity contribution in [1.29, 1.82) is 0 Å². The van der Waals surface area contributed by atoms with Crippen LogP contribution in [0.1, 0.15) is 34.1 Å². The Morgan fingerprint density at radius 2 is 1.21 bits per heavy atom. The van der Waals surface area contributed by atoms with Crippen LogP contribution in [0.15, 0.2) is 46.4 Å². The minimum Gasteiger partial charge on any atom is -0.668 e. The number of hydrogen-bond acceptors (Lipinski definition) is 0. The van der Waals surface area contributed by atoms with Gasteiger partial charge in [0.25, 0.3) is 0 Å². The molecule has 0 saturated carbocycles. The molecule has 0 bridgehead atoms. The number of allylic oxidation sites excluding steroid dienone is 8. The van der Waals surface area contributed by atoms with Gasteiger partial charge in [0.15, 0.2) is 0 Å². The first-order valence-electron chi connectivity index (χ1n) is 8.06. The molecule has 0 heterocycles. The van der Waals surface area contributed by atoms with Crippen molar-refractivity contribution in [1.82, 2.24) is 0 Å². The second kappa shape index (κ2) is 27.4. The first kappa shape index (κ1) is 31.3. The molecule has 1 rings (SSSR count). The van der Waals surface area contributed by atoms with E-state index in [2.05, 4.69) is 68.5 Å². The molecule has 0 fully saturated rings. The summed E-state index contributed by atoms with van der Waals surface area (Å²) in [7, 11) is 10.5. The van der Waals surface area contributed by atoms with E-state index >= 15 is 0 Å². The Balaban J connectivity index is -0.000000116. The van der Waals surface area contributed by atoms with E-state index in [0.29, 0.717) is 5.41 Å². The van der Waals surface area contributed by atoms with Crippen molar-refractivity contribution >= 4 is 0 Å². The molecule has 0 unspecified atom stereocenters. The minimum atomic E-state index is 0.411. The van der Waals surface area contributed by atoms with E-state index in [-0.39, 0.29) is 0 Å². The van der Waals surface area contributed by atoms with Crippen molar-refractivity contribution in [3.63, 3.8) is 0 Å². The largest absolute Gasteiger partial charge is 0.668 e. The van der Waals surface area contributed by atoms with E-state index in [0.717, 1.165) is 0 Å². The van der Waals surface area contributed by atoms with Crippen LogP contribution < -0.4 is 0 Å². The smallest absolute Gasteiger partial charge is 0.0467 e. The molecule has 0 N–H and O–H groups in total. The molecule has 3 nitrogen and oxygen atoms in total. The SMILES string of the molecule is CC1(C)CC=CC=[C]1[Ti+3].CC=CC=CC.C[N-]C.C[N-]C.C[N-]C. The predicted octanol–water partition coefficient (Wildman–Crippen LogP) is 6.40. The normalized spacial score (nSPS) is 14.1. The Bertz CT molecular complexity index is 315. The molecule has 0 atom stereocenters. The second-order valence-electron chi connectivity index (χ2n) is 5.49. The molecule has 1 aliphatic carbocycles. The fraction of sp³-hybridized carbons (Fsp3) is 0.600. The fourth-order valence-corrected chi connectivity index (χ4v) is 1.39. The van der Waals surface area contributed by atoms with Crippen molar-refractivity contribution in [2.45, 2.75) is 34.1 Å². The maximum absolute atomic E-state index is 3.50. The van der Waals surface area contributed by atoms with E-state index in [1.54, 1.807) is 42.3 Å². The summed E-state index contributed by atoms with van der Waals surface area (Å²) in [5.41, 5.74) is 0.411. The fourth-order valence-electron chi connectivity index (χ4n) is 1.08. The van der Waals surface area contributed by atoms with Crippen LogP contribution in [0.2, 0.25) is 0 Å². The van der Waals surface area contributed by atoms with Crippen LogP contribution in [0, 0.1) is 5.41 Å². The third-order valence-corrected chi connectivity index (χ3v) is 3.57. The van der Waals surface area contributed by atoms with Crippen molar-refractivity contribution in [3.8, 4) is 0 Å². The summed E-state index contributed by atoms with van der Waals surface area (Å²) in [6.45, 7) is 8.56. The summed E-state index contributed by atoms with van der Waals surface area (Å²) >= 11 is 2.20. The first-order valence-corrected chi connectivity index (χ1v) is 8.84. The van der Waals surface area contributed by atoms with Crippen LogP contribution in [0.5, 0.6) is 0 Å². The van der Waals surface area contributed by atoms with Gasteiger partial charge in [-0.2, -0.15) is 42.3 Å². The molecule has 1 aliphatic rings. The van der Waals surface area contributed by atoms with Gasteiger partial charge in [-0.1, -0.05) is 24.3 Å². The Labute approximate surface area is 164 Å². The first-order chi connectivity index (χ1) is 11.3. The average Bonchev–Trinajstić information content (AvgIpc) is 2.51. The zero-order valence-electron chi connectivity index (χ0n) is 17.6. The van der Waals surface area contributed by atoms with Crippen molar-refractivity contribution in [2.75, 3.05) is 42.3 Å². The zero-order chi connectivity index (χ0) is 19.9. The monoisotopic (exact) mass is 369 g/mol. The van der Waals surface area contributed by atoms with Crippen LogP contribution in [0.25, 0.3) is 16.0 Å². The molecule has 0 aromatic carbocycles. The molecular weight excluding hydrogens is 330 g/mol. The molecule has 138 valence electrons. The van der Waals surface area contributed by atoms with E-state index in [1.165, 1.54) is 10.3 Å². The minimum absolute atomic E-state index is 0.411. The van der Waals surface area contributed by atoms with Crippen LogP contribution >= 0.6 is 0 Å². The summed E-state index contributed by atoms with van der Waals surface area (Å²) in [6.07, 6.45) is 15.8. The molecule has 24 heavy (non-hydrogen) atoms. The van der Waals surface area contributed by atoms with Gasteiger partial charge in [-0.25, -0.2) is 0 Å². The summed E-state index contributed by atoms with van der Waals surface area (Å²) in [5, 5.41) is 10.5. The number of hydrogen-bond donors (Lipinski definition) is 0. The Morgan fingerprint density at radius 1 is 0.875 bits per heavy atom. The average molecular weight is 369 g/mol. The van der Waals surface area contributed by atoms with Crippen LogP contribution in [-0.2, 0) is 20.4 Å². The van der Waals surface area contributed by atoms with Gasteiger partial charge in [-0.3, -0.25) is 0 Å². The van der Waals surface area contributed by atoms with Crippen LogP contribution in [0.4, 0.5) is 0 Å². The third kappa shape index (κ3) is 33.2. The summed E-state index contributed by atoms with van der Waals surface area (Å²) in [4.78, 5) is 0. The molecule has 0 radical (unpaired) electrons. The van der Waals surface area contributed by atoms with Gasteiger partial charge in [0, 0.05) is 0 Å². The Kier molecular flexibility index (Phi) is 35.8. The summed E-state index contributed by atoms with van der Waals surface area (Å²) < 4.78 is 1.49. The molecule has 0 aromatic rings. The number of nitrogens with zero attached hydrogens (tertiary/aromatic N) is 3. The van der Waals surface area contributed by atoms with Gasteiger partial charge < -0.3 is 16.0 Å². The van der Waals surface area contributed by atoms with Gasteiger partial charge in [-0.05, 0) is 13.8 Å². The number of rotatable bonds is 1. The van der Waals surface area contributed by atoms with Gasteiger partial charge in [0.2, 0.25) is 0 Å². The van der Waals surface area contributed by atoms with Crippen LogP contribution in [-0.4, -0.2) is 42.3 Å². The molecule has 0 aromatic heterocycles. The summed E-state index contributed by atoms with van der Waals surface area (Å²) in [5.74, 6) is 0. The summed E-state index contributed by atoms with van der Waals surface area (Å²) in [6, 6.07) is 0. The molecule has 4 heteroatoms. The predicted molar refractivity (Wildman–Crippen MR) is 111 cm³/mol. The van der Waals surface area contributed by atoms with Gasteiger partial charge in [0.05, 0.1) is 0 Å². The molecule has 0 spiro atoms. The van der Waals surface area contributed by atoms with Gasteiger partial charge in [0.1, 0.15) is 0 Å². The Hall–Kier alpha value is -0.446.